The molecule has 0 N–H and O–H groups in total. The molecule has 1 atom stereocenters. The second kappa shape index (κ2) is 7.63. The van der Waals surface area contributed by atoms with E-state index in [0.717, 1.165) is 5.56 Å². The number of rotatable bonds is 5. The Morgan fingerprint density at radius 3 is 2.58 bits per heavy atom. The van der Waals surface area contributed by atoms with Crippen LogP contribution in [0.3, 0.4) is 0 Å². The summed E-state index contributed by atoms with van der Waals surface area (Å²) in [4.78, 5) is 14.7. The van der Waals surface area contributed by atoms with E-state index in [-0.39, 0.29) is 16.9 Å². The van der Waals surface area contributed by atoms with Crippen molar-refractivity contribution in [3.05, 3.63) is 29.3 Å². The number of benzene rings is 1. The van der Waals surface area contributed by atoms with Crippen LogP contribution in [0.15, 0.2) is 23.1 Å². The molecule has 7 heteroatoms. The summed E-state index contributed by atoms with van der Waals surface area (Å²) in [5, 5.41) is 0. The van der Waals surface area contributed by atoms with E-state index in [1.165, 1.54) is 10.4 Å². The Labute approximate surface area is 144 Å². The molecule has 0 spiro atoms. The number of sulfonamides is 1. The van der Waals surface area contributed by atoms with Crippen molar-refractivity contribution in [1.82, 2.24) is 9.21 Å². The van der Waals surface area contributed by atoms with Crippen LogP contribution in [0.4, 0.5) is 0 Å². The standard InChI is InChI=1S/C17H26N2O4S/c1-5-19(6-2)24(21,22)15-8-7-13(3)16(11-15)17(20)18-9-10-23-14(4)12-18/h7-8,11,14H,5-6,9-10,12H2,1-4H3/t14-/m0/s1. The Bertz CT molecular complexity index is 699. The quantitative estimate of drug-likeness (QED) is 0.810. The lowest BCUT2D eigenvalue weighted by Crippen LogP contribution is -2.44. The lowest BCUT2D eigenvalue weighted by atomic mass is 10.1. The molecule has 0 saturated carbocycles. The summed E-state index contributed by atoms with van der Waals surface area (Å²) >= 11 is 0. The van der Waals surface area contributed by atoms with E-state index in [9.17, 15) is 13.2 Å². The normalized spacial score (nSPS) is 18.9. The van der Waals surface area contributed by atoms with Crippen LogP contribution in [-0.2, 0) is 14.8 Å². The molecular weight excluding hydrogens is 328 g/mol. The van der Waals surface area contributed by atoms with Crippen LogP contribution in [0.1, 0.15) is 36.7 Å². The Hall–Kier alpha value is -1.44. The topological polar surface area (TPSA) is 66.9 Å². The number of morpholine rings is 1. The first-order valence-corrected chi connectivity index (χ1v) is 9.76. The maximum atomic E-state index is 12.8. The zero-order valence-corrected chi connectivity index (χ0v) is 15.6. The van der Waals surface area contributed by atoms with Crippen LogP contribution in [0.2, 0.25) is 0 Å². The molecule has 24 heavy (non-hydrogen) atoms. The Morgan fingerprint density at radius 2 is 2.00 bits per heavy atom. The third-order valence-corrected chi connectivity index (χ3v) is 6.36. The van der Waals surface area contributed by atoms with E-state index < -0.39 is 10.0 Å². The minimum Gasteiger partial charge on any atom is -0.375 e. The summed E-state index contributed by atoms with van der Waals surface area (Å²) < 4.78 is 32.2. The highest BCUT2D eigenvalue weighted by Crippen LogP contribution is 2.21. The third-order valence-electron chi connectivity index (χ3n) is 4.31. The van der Waals surface area contributed by atoms with Gasteiger partial charge in [0, 0.05) is 31.7 Å². The molecule has 1 amide bonds. The first-order chi connectivity index (χ1) is 11.3. The fourth-order valence-electron chi connectivity index (χ4n) is 2.88. The van der Waals surface area contributed by atoms with Crippen molar-refractivity contribution in [3.63, 3.8) is 0 Å². The number of carbonyl (C=O) groups is 1. The van der Waals surface area contributed by atoms with Gasteiger partial charge in [-0.15, -0.1) is 0 Å². The summed E-state index contributed by atoms with van der Waals surface area (Å²) in [6.45, 7) is 9.70. The van der Waals surface area contributed by atoms with Crippen molar-refractivity contribution < 1.29 is 17.9 Å². The predicted molar refractivity (Wildman–Crippen MR) is 92.6 cm³/mol. The minimum absolute atomic E-state index is 0.00871. The van der Waals surface area contributed by atoms with Crippen LogP contribution in [-0.4, -0.2) is 62.4 Å². The monoisotopic (exact) mass is 354 g/mol. The van der Waals surface area contributed by atoms with Gasteiger partial charge in [0.15, 0.2) is 0 Å². The first-order valence-electron chi connectivity index (χ1n) is 8.32. The van der Waals surface area contributed by atoms with Crippen LogP contribution in [0, 0.1) is 6.92 Å². The molecule has 0 unspecified atom stereocenters. The van der Waals surface area contributed by atoms with Gasteiger partial charge in [0.1, 0.15) is 0 Å². The average Bonchev–Trinajstić information content (AvgIpc) is 2.55. The summed E-state index contributed by atoms with van der Waals surface area (Å²) in [5.41, 5.74) is 1.22. The summed E-state index contributed by atoms with van der Waals surface area (Å²) in [6.07, 6.45) is -0.00871. The number of amides is 1. The van der Waals surface area contributed by atoms with Crippen molar-refractivity contribution in [1.29, 1.82) is 0 Å². The molecule has 0 bridgehead atoms. The molecule has 0 aromatic heterocycles. The summed E-state index contributed by atoms with van der Waals surface area (Å²) in [6, 6.07) is 4.78. The molecule has 1 heterocycles. The van der Waals surface area contributed by atoms with Gasteiger partial charge in [-0.3, -0.25) is 4.79 Å². The second-order valence-electron chi connectivity index (χ2n) is 6.00. The molecule has 1 aromatic carbocycles. The fourth-order valence-corrected chi connectivity index (χ4v) is 4.36. The molecule has 6 nitrogen and oxygen atoms in total. The third kappa shape index (κ3) is 3.79. The SMILES string of the molecule is CCN(CC)S(=O)(=O)c1ccc(C)c(C(=O)N2CCO[C@@H](C)C2)c1. The Kier molecular flexibility index (Phi) is 6.01. The van der Waals surface area contributed by atoms with E-state index in [2.05, 4.69) is 0 Å². The van der Waals surface area contributed by atoms with E-state index in [1.807, 2.05) is 13.8 Å². The molecule has 0 aliphatic carbocycles. The lowest BCUT2D eigenvalue weighted by molar-refractivity contribution is -0.0124. The van der Waals surface area contributed by atoms with Crippen LogP contribution in [0.5, 0.6) is 0 Å². The second-order valence-corrected chi connectivity index (χ2v) is 7.94. The number of hydrogen-bond acceptors (Lipinski definition) is 4. The number of carbonyl (C=O) groups excluding carboxylic acids is 1. The molecule has 134 valence electrons. The molecule has 1 aliphatic heterocycles. The molecular formula is C17H26N2O4S. The van der Waals surface area contributed by atoms with E-state index in [4.69, 9.17) is 4.74 Å². The van der Waals surface area contributed by atoms with Gasteiger partial charge < -0.3 is 9.64 Å². The van der Waals surface area contributed by atoms with Gasteiger partial charge in [-0.05, 0) is 31.5 Å². The number of nitrogens with zero attached hydrogens (tertiary/aromatic N) is 2. The molecule has 1 aromatic rings. The van der Waals surface area contributed by atoms with Crippen molar-refractivity contribution in [2.45, 2.75) is 38.7 Å². The molecule has 1 saturated heterocycles. The average molecular weight is 354 g/mol. The molecule has 0 radical (unpaired) electrons. The summed E-state index contributed by atoms with van der Waals surface area (Å²) in [5.74, 6) is -0.140. The van der Waals surface area contributed by atoms with Gasteiger partial charge in [0.25, 0.3) is 5.91 Å². The smallest absolute Gasteiger partial charge is 0.254 e. The zero-order valence-electron chi connectivity index (χ0n) is 14.8. The fraction of sp³-hybridized carbons (Fsp3) is 0.588. The maximum absolute atomic E-state index is 12.8. The van der Waals surface area contributed by atoms with Gasteiger partial charge in [0.2, 0.25) is 10.0 Å². The zero-order chi connectivity index (χ0) is 17.9. The van der Waals surface area contributed by atoms with Crippen LogP contribution >= 0.6 is 0 Å². The Balaban J connectivity index is 2.37. The molecule has 1 aliphatic rings. The van der Waals surface area contributed by atoms with Gasteiger partial charge in [0.05, 0.1) is 17.6 Å². The molecule has 1 fully saturated rings. The van der Waals surface area contributed by atoms with Gasteiger partial charge in [-0.25, -0.2) is 8.42 Å². The summed E-state index contributed by atoms with van der Waals surface area (Å²) in [7, 11) is -3.58. The van der Waals surface area contributed by atoms with Gasteiger partial charge in [-0.2, -0.15) is 4.31 Å². The van der Waals surface area contributed by atoms with Crippen molar-refractivity contribution in [2.24, 2.45) is 0 Å². The highest BCUT2D eigenvalue weighted by molar-refractivity contribution is 7.89. The highest BCUT2D eigenvalue weighted by Gasteiger charge is 2.27. The van der Waals surface area contributed by atoms with Crippen molar-refractivity contribution in [2.75, 3.05) is 32.8 Å². The van der Waals surface area contributed by atoms with Gasteiger partial charge >= 0.3 is 0 Å². The maximum Gasteiger partial charge on any atom is 0.254 e. The number of hydrogen-bond donors (Lipinski definition) is 0. The molecule has 2 rings (SSSR count). The first kappa shape index (κ1) is 18.9. The number of ether oxygens (including phenoxy) is 1. The highest BCUT2D eigenvalue weighted by atomic mass is 32.2. The number of aryl methyl sites for hydroxylation is 1. The minimum atomic E-state index is -3.58. The lowest BCUT2D eigenvalue weighted by Gasteiger charge is -2.31. The Morgan fingerprint density at radius 1 is 1.33 bits per heavy atom. The van der Waals surface area contributed by atoms with Gasteiger partial charge in [-0.1, -0.05) is 19.9 Å². The van der Waals surface area contributed by atoms with Crippen molar-refractivity contribution in [3.8, 4) is 0 Å². The predicted octanol–water partition coefficient (Wildman–Crippen LogP) is 1.89. The van der Waals surface area contributed by atoms with Crippen LogP contribution in [0.25, 0.3) is 0 Å². The van der Waals surface area contributed by atoms with E-state index in [1.54, 1.807) is 30.9 Å². The van der Waals surface area contributed by atoms with E-state index >= 15 is 0 Å². The van der Waals surface area contributed by atoms with Crippen molar-refractivity contribution >= 4 is 15.9 Å². The van der Waals surface area contributed by atoms with E-state index in [0.29, 0.717) is 38.3 Å². The largest absolute Gasteiger partial charge is 0.375 e. The van der Waals surface area contributed by atoms with Crippen LogP contribution < -0.4 is 0 Å².